The summed E-state index contributed by atoms with van der Waals surface area (Å²) in [5.41, 5.74) is 2.71. The molecule has 0 aliphatic heterocycles. The third kappa shape index (κ3) is 2.65. The number of hydrogen-bond acceptors (Lipinski definition) is 7. The number of hydrogen-bond donors (Lipinski definition) is 1. The largest absolute Gasteiger partial charge is 0.467 e. The van der Waals surface area contributed by atoms with Crippen molar-refractivity contribution >= 4 is 17.3 Å². The fourth-order valence-electron chi connectivity index (χ4n) is 1.55. The van der Waals surface area contributed by atoms with E-state index in [0.717, 1.165) is 25.3 Å². The Kier molecular flexibility index (Phi) is 3.80. The molecule has 102 valence electrons. The van der Waals surface area contributed by atoms with Crippen molar-refractivity contribution in [1.29, 1.82) is 0 Å². The van der Waals surface area contributed by atoms with E-state index in [2.05, 4.69) is 4.74 Å². The topological polar surface area (TPSA) is 139 Å². The smallest absolute Gasteiger partial charge is 0.330 e. The van der Waals surface area contributed by atoms with E-state index >= 15 is 0 Å². The number of carbonyl (C=O) groups excluding carboxylic acids is 1. The summed E-state index contributed by atoms with van der Waals surface area (Å²) in [4.78, 5) is 31.4. The summed E-state index contributed by atoms with van der Waals surface area (Å²) in [6.07, 6.45) is 0. The van der Waals surface area contributed by atoms with Gasteiger partial charge in [0.05, 0.1) is 28.6 Å². The lowest BCUT2D eigenvalue weighted by Gasteiger charge is -2.21. The van der Waals surface area contributed by atoms with Crippen molar-refractivity contribution in [2.45, 2.75) is 12.5 Å². The second-order valence-electron chi connectivity index (χ2n) is 3.91. The highest BCUT2D eigenvalue weighted by molar-refractivity contribution is 5.83. The highest BCUT2D eigenvalue weighted by atomic mass is 16.6. The lowest BCUT2D eigenvalue weighted by atomic mass is 9.91. The molecule has 0 heterocycles. The molecular formula is C10H11N3O6. The van der Waals surface area contributed by atoms with E-state index in [1.54, 1.807) is 0 Å². The summed E-state index contributed by atoms with van der Waals surface area (Å²) in [6.45, 7) is 1.23. The van der Waals surface area contributed by atoms with Crippen molar-refractivity contribution in [2.24, 2.45) is 5.73 Å². The van der Waals surface area contributed by atoms with E-state index < -0.39 is 32.7 Å². The molecule has 1 rings (SSSR count). The van der Waals surface area contributed by atoms with Gasteiger partial charge in [0.2, 0.25) is 0 Å². The number of benzene rings is 1. The lowest BCUT2D eigenvalue weighted by Crippen LogP contribution is -2.43. The molecule has 0 unspecified atom stereocenters. The van der Waals surface area contributed by atoms with Gasteiger partial charge in [0.15, 0.2) is 0 Å². The molecule has 1 atom stereocenters. The second-order valence-corrected chi connectivity index (χ2v) is 3.91. The molecule has 0 aromatic heterocycles. The molecule has 9 heteroatoms. The van der Waals surface area contributed by atoms with E-state index in [9.17, 15) is 25.0 Å². The number of rotatable bonds is 4. The molecule has 1 aromatic carbocycles. The maximum absolute atomic E-state index is 11.5. The van der Waals surface area contributed by atoms with E-state index in [1.165, 1.54) is 6.92 Å². The number of methoxy groups -OCH3 is 1. The van der Waals surface area contributed by atoms with Gasteiger partial charge in [-0.25, -0.2) is 4.79 Å². The lowest BCUT2D eigenvalue weighted by molar-refractivity contribution is -0.394. The highest BCUT2D eigenvalue weighted by Crippen LogP contribution is 2.32. The van der Waals surface area contributed by atoms with Crippen LogP contribution in [-0.4, -0.2) is 22.9 Å². The third-order valence-electron chi connectivity index (χ3n) is 2.56. The van der Waals surface area contributed by atoms with Crippen LogP contribution >= 0.6 is 0 Å². The molecule has 0 amide bonds. The van der Waals surface area contributed by atoms with Gasteiger partial charge in [-0.1, -0.05) is 0 Å². The maximum atomic E-state index is 11.5. The van der Waals surface area contributed by atoms with Crippen molar-refractivity contribution < 1.29 is 19.4 Å². The zero-order valence-electron chi connectivity index (χ0n) is 10.2. The molecule has 0 fully saturated rings. The van der Waals surface area contributed by atoms with Crippen LogP contribution in [0, 0.1) is 20.2 Å². The number of ether oxygens (including phenoxy) is 1. The molecule has 0 aliphatic carbocycles. The fourth-order valence-corrected chi connectivity index (χ4v) is 1.55. The van der Waals surface area contributed by atoms with Gasteiger partial charge >= 0.3 is 5.97 Å². The van der Waals surface area contributed by atoms with Crippen LogP contribution in [0.1, 0.15) is 12.5 Å². The molecule has 1 aromatic rings. The fraction of sp³-hybridized carbons (Fsp3) is 0.300. The van der Waals surface area contributed by atoms with Crippen LogP contribution in [0.25, 0.3) is 0 Å². The Morgan fingerprint density at radius 1 is 1.32 bits per heavy atom. The maximum Gasteiger partial charge on any atom is 0.330 e. The van der Waals surface area contributed by atoms with Crippen LogP contribution in [0.4, 0.5) is 11.4 Å². The first-order valence-corrected chi connectivity index (χ1v) is 5.02. The summed E-state index contributed by atoms with van der Waals surface area (Å²) in [7, 11) is 1.09. The SMILES string of the molecule is COC(=O)[C@](C)(N)c1ccc([N+](=O)[O-])cc1[N+](=O)[O-]. The molecule has 19 heavy (non-hydrogen) atoms. The summed E-state index contributed by atoms with van der Waals surface area (Å²) in [6, 6.07) is 2.87. The summed E-state index contributed by atoms with van der Waals surface area (Å²) >= 11 is 0. The van der Waals surface area contributed by atoms with Gasteiger partial charge in [0, 0.05) is 6.07 Å². The molecule has 0 radical (unpaired) electrons. The average Bonchev–Trinajstić information content (AvgIpc) is 2.36. The van der Waals surface area contributed by atoms with Crippen molar-refractivity contribution in [3.63, 3.8) is 0 Å². The van der Waals surface area contributed by atoms with Gasteiger partial charge < -0.3 is 10.5 Å². The van der Waals surface area contributed by atoms with Crippen LogP contribution in [0.2, 0.25) is 0 Å². The van der Waals surface area contributed by atoms with Crippen LogP contribution in [-0.2, 0) is 15.1 Å². The third-order valence-corrected chi connectivity index (χ3v) is 2.56. The van der Waals surface area contributed by atoms with Gasteiger partial charge in [0.1, 0.15) is 5.54 Å². The predicted molar refractivity (Wildman–Crippen MR) is 63.3 cm³/mol. The normalized spacial score (nSPS) is 13.4. The Morgan fingerprint density at radius 3 is 2.32 bits per heavy atom. The minimum absolute atomic E-state index is 0.157. The van der Waals surface area contributed by atoms with Crippen LogP contribution in [0.3, 0.4) is 0 Å². The first-order chi connectivity index (χ1) is 8.71. The zero-order valence-corrected chi connectivity index (χ0v) is 10.2. The quantitative estimate of drug-likeness (QED) is 0.485. The number of nitro benzene ring substituents is 2. The van der Waals surface area contributed by atoms with Crippen LogP contribution < -0.4 is 5.73 Å². The van der Waals surface area contributed by atoms with Gasteiger partial charge in [-0.2, -0.15) is 0 Å². The minimum Gasteiger partial charge on any atom is -0.467 e. The van der Waals surface area contributed by atoms with Crippen LogP contribution in [0.15, 0.2) is 18.2 Å². The molecule has 0 spiro atoms. The molecule has 0 saturated carbocycles. The highest BCUT2D eigenvalue weighted by Gasteiger charge is 2.38. The predicted octanol–water partition coefficient (Wildman–Crippen LogP) is 0.850. The number of nitrogens with two attached hydrogens (primary N) is 1. The van der Waals surface area contributed by atoms with E-state index in [0.29, 0.717) is 0 Å². The number of nitrogens with zero attached hydrogens (tertiary/aromatic N) is 2. The Bertz CT molecular complexity index is 554. The average molecular weight is 269 g/mol. The monoisotopic (exact) mass is 269 g/mol. The van der Waals surface area contributed by atoms with E-state index in [1.807, 2.05) is 0 Å². The Hall–Kier alpha value is -2.55. The Labute approximate surface area is 107 Å². The number of nitro groups is 2. The second kappa shape index (κ2) is 4.98. The molecule has 0 saturated heterocycles. The van der Waals surface area contributed by atoms with Gasteiger partial charge in [0.25, 0.3) is 11.4 Å². The van der Waals surface area contributed by atoms with Crippen molar-refractivity contribution in [2.75, 3.05) is 7.11 Å². The summed E-state index contributed by atoms with van der Waals surface area (Å²) in [5, 5.41) is 21.5. The van der Waals surface area contributed by atoms with Gasteiger partial charge in [-0.15, -0.1) is 0 Å². The van der Waals surface area contributed by atoms with E-state index in [4.69, 9.17) is 5.73 Å². The van der Waals surface area contributed by atoms with Crippen molar-refractivity contribution in [3.8, 4) is 0 Å². The Morgan fingerprint density at radius 2 is 1.89 bits per heavy atom. The Balaban J connectivity index is 3.48. The molecular weight excluding hydrogens is 258 g/mol. The van der Waals surface area contributed by atoms with Gasteiger partial charge in [-0.05, 0) is 13.0 Å². The minimum atomic E-state index is -1.77. The first kappa shape index (κ1) is 14.5. The standard InChI is InChI=1S/C10H11N3O6/c1-10(11,9(14)19-2)7-4-3-6(12(15)16)5-8(7)13(17)18/h3-5H,11H2,1-2H3/t10-/m1/s1. The van der Waals surface area contributed by atoms with Crippen molar-refractivity contribution in [1.82, 2.24) is 0 Å². The number of non-ortho nitro benzene ring substituents is 1. The number of esters is 1. The number of carbonyl (C=O) groups is 1. The molecule has 2 N–H and O–H groups in total. The van der Waals surface area contributed by atoms with Crippen LogP contribution in [0.5, 0.6) is 0 Å². The summed E-state index contributed by atoms with van der Waals surface area (Å²) < 4.78 is 4.46. The summed E-state index contributed by atoms with van der Waals surface area (Å²) in [5.74, 6) is -0.885. The van der Waals surface area contributed by atoms with E-state index in [-0.39, 0.29) is 5.56 Å². The molecule has 0 bridgehead atoms. The van der Waals surface area contributed by atoms with Crippen molar-refractivity contribution in [3.05, 3.63) is 44.0 Å². The molecule has 0 aliphatic rings. The molecule has 9 nitrogen and oxygen atoms in total. The zero-order chi connectivity index (χ0) is 14.8. The first-order valence-electron chi connectivity index (χ1n) is 5.02. The van der Waals surface area contributed by atoms with Gasteiger partial charge in [-0.3, -0.25) is 20.2 Å².